The number of allylic oxidation sites excluding steroid dienone is 4. The van der Waals surface area contributed by atoms with E-state index >= 15 is 0 Å². The van der Waals surface area contributed by atoms with Crippen LogP contribution in [-0.4, -0.2) is 18.0 Å². The zero-order chi connectivity index (χ0) is 9.54. The Morgan fingerprint density at radius 1 is 1.21 bits per heavy atom. The maximum absolute atomic E-state index is 3.29. The van der Waals surface area contributed by atoms with Gasteiger partial charge in [-0.1, -0.05) is 42.2 Å². The highest BCUT2D eigenvalue weighted by Crippen LogP contribution is 2.36. The second-order valence-electron chi connectivity index (χ2n) is 3.69. The first-order valence-corrected chi connectivity index (χ1v) is 4.83. The lowest BCUT2D eigenvalue weighted by Gasteiger charge is -2.22. The Balaban J connectivity index is 2.25. The molecule has 0 saturated carbocycles. The molecular weight excluding hydrogens is 170 g/mol. The predicted molar refractivity (Wildman–Crippen MR) is 57.6 cm³/mol. The Morgan fingerprint density at radius 3 is 3.07 bits per heavy atom. The first-order chi connectivity index (χ1) is 6.88. The molecule has 1 atom stereocenters. The van der Waals surface area contributed by atoms with Crippen LogP contribution in [0.25, 0.3) is 0 Å². The number of nitrogens with zero attached hydrogens (tertiary/aromatic N) is 1. The maximum Gasteiger partial charge on any atom is 0.0882 e. The van der Waals surface area contributed by atoms with Crippen LogP contribution in [0.5, 0.6) is 0 Å². The van der Waals surface area contributed by atoms with Crippen molar-refractivity contribution in [1.82, 2.24) is 4.90 Å². The van der Waals surface area contributed by atoms with Gasteiger partial charge < -0.3 is 4.90 Å². The average molecular weight is 181 g/mol. The Morgan fingerprint density at radius 2 is 2.14 bits per heavy atom. The standard InChI is InChI=1S/C13H11N/c1-14-12-8-4-2-6-10(12)11-7-3-5-9-13(11)14/h2-8,12H,1H3. The van der Waals surface area contributed by atoms with E-state index in [-0.39, 0.29) is 0 Å². The van der Waals surface area contributed by atoms with Gasteiger partial charge in [0.1, 0.15) is 0 Å². The van der Waals surface area contributed by atoms with Gasteiger partial charge in [-0.15, -0.1) is 0 Å². The van der Waals surface area contributed by atoms with Gasteiger partial charge in [-0.2, -0.15) is 0 Å². The molecule has 0 fully saturated rings. The fourth-order valence-electron chi connectivity index (χ4n) is 2.21. The number of rotatable bonds is 0. The summed E-state index contributed by atoms with van der Waals surface area (Å²) in [6.07, 6.45) is 14.8. The molecule has 0 aromatic rings. The summed E-state index contributed by atoms with van der Waals surface area (Å²) in [4.78, 5) is 2.27. The van der Waals surface area contributed by atoms with E-state index in [1.54, 1.807) is 0 Å². The highest BCUT2D eigenvalue weighted by atomic mass is 15.2. The zero-order valence-corrected chi connectivity index (χ0v) is 8.07. The van der Waals surface area contributed by atoms with Gasteiger partial charge in [-0.05, 0) is 11.6 Å². The molecule has 0 aromatic heterocycles. The number of hydrogen-bond acceptors (Lipinski definition) is 1. The molecule has 1 heteroatoms. The molecular formula is C13H11N. The van der Waals surface area contributed by atoms with Crippen molar-refractivity contribution in [3.8, 4) is 0 Å². The molecule has 2 aliphatic carbocycles. The second kappa shape index (κ2) is 2.63. The SMILES string of the molecule is CN1C2=C=CC=CC2=C2C=CC=CC21. The van der Waals surface area contributed by atoms with Crippen molar-refractivity contribution in [1.29, 1.82) is 0 Å². The van der Waals surface area contributed by atoms with Gasteiger partial charge >= 0.3 is 0 Å². The summed E-state index contributed by atoms with van der Waals surface area (Å²) in [6, 6.07) is 0.411. The first-order valence-electron chi connectivity index (χ1n) is 4.83. The number of likely N-dealkylation sites (N-methyl/N-ethyl adjacent to an activating group) is 1. The van der Waals surface area contributed by atoms with Crippen LogP contribution in [0, 0.1) is 0 Å². The van der Waals surface area contributed by atoms with E-state index in [1.807, 2.05) is 12.2 Å². The zero-order valence-electron chi connectivity index (χ0n) is 8.07. The molecule has 14 heavy (non-hydrogen) atoms. The quantitative estimate of drug-likeness (QED) is 0.518. The van der Waals surface area contributed by atoms with Crippen molar-refractivity contribution in [3.05, 3.63) is 65.1 Å². The van der Waals surface area contributed by atoms with E-state index in [0.29, 0.717) is 6.04 Å². The van der Waals surface area contributed by atoms with Crippen LogP contribution in [0.1, 0.15) is 0 Å². The normalized spacial score (nSPS) is 26.8. The second-order valence-corrected chi connectivity index (χ2v) is 3.69. The molecule has 1 nitrogen and oxygen atoms in total. The van der Waals surface area contributed by atoms with Crippen molar-refractivity contribution < 1.29 is 0 Å². The summed E-state index contributed by atoms with van der Waals surface area (Å²) < 4.78 is 0. The van der Waals surface area contributed by atoms with E-state index in [9.17, 15) is 0 Å². The number of hydrogen-bond donors (Lipinski definition) is 0. The monoisotopic (exact) mass is 181 g/mol. The molecule has 1 unspecified atom stereocenters. The maximum atomic E-state index is 3.29. The van der Waals surface area contributed by atoms with E-state index < -0.39 is 0 Å². The Kier molecular flexibility index (Phi) is 1.44. The van der Waals surface area contributed by atoms with Crippen LogP contribution in [0.4, 0.5) is 0 Å². The molecule has 1 heterocycles. The summed E-state index contributed by atoms with van der Waals surface area (Å²) in [5.41, 5.74) is 7.21. The Bertz CT molecular complexity index is 465. The predicted octanol–water partition coefficient (Wildman–Crippen LogP) is 2.33. The summed E-state index contributed by atoms with van der Waals surface area (Å²) in [5.74, 6) is 0. The minimum atomic E-state index is 0.411. The van der Waals surface area contributed by atoms with Crippen molar-refractivity contribution in [2.75, 3.05) is 7.05 Å². The molecule has 0 spiro atoms. The third-order valence-corrected chi connectivity index (χ3v) is 2.91. The van der Waals surface area contributed by atoms with Gasteiger partial charge in [0.2, 0.25) is 0 Å². The van der Waals surface area contributed by atoms with Gasteiger partial charge in [0.25, 0.3) is 0 Å². The summed E-state index contributed by atoms with van der Waals surface area (Å²) >= 11 is 0. The van der Waals surface area contributed by atoms with Crippen molar-refractivity contribution in [2.24, 2.45) is 0 Å². The van der Waals surface area contributed by atoms with Crippen LogP contribution in [0.3, 0.4) is 0 Å². The van der Waals surface area contributed by atoms with Crippen molar-refractivity contribution >= 4 is 0 Å². The molecule has 68 valence electrons. The fraction of sp³-hybridized carbons (Fsp3) is 0.154. The minimum Gasteiger partial charge on any atom is -0.357 e. The lowest BCUT2D eigenvalue weighted by atomic mass is 9.99. The van der Waals surface area contributed by atoms with E-state index in [1.165, 1.54) is 16.8 Å². The molecule has 0 aromatic carbocycles. The third-order valence-electron chi connectivity index (χ3n) is 2.91. The Hall–Kier alpha value is -1.72. The molecule has 0 saturated heterocycles. The van der Waals surface area contributed by atoms with Gasteiger partial charge in [-0.3, -0.25) is 0 Å². The van der Waals surface area contributed by atoms with E-state index in [2.05, 4.69) is 48.1 Å². The van der Waals surface area contributed by atoms with Crippen LogP contribution >= 0.6 is 0 Å². The molecule has 0 radical (unpaired) electrons. The average Bonchev–Trinajstić information content (AvgIpc) is 2.55. The van der Waals surface area contributed by atoms with E-state index in [4.69, 9.17) is 0 Å². The van der Waals surface area contributed by atoms with Crippen molar-refractivity contribution in [3.63, 3.8) is 0 Å². The first kappa shape index (κ1) is 7.66. The van der Waals surface area contributed by atoms with Gasteiger partial charge in [0.15, 0.2) is 0 Å². The van der Waals surface area contributed by atoms with Crippen LogP contribution in [0.2, 0.25) is 0 Å². The molecule has 0 bridgehead atoms. The molecule has 0 N–H and O–H groups in total. The van der Waals surface area contributed by atoms with Crippen molar-refractivity contribution in [2.45, 2.75) is 6.04 Å². The van der Waals surface area contributed by atoms with Crippen LogP contribution in [0.15, 0.2) is 65.1 Å². The molecule has 1 aliphatic heterocycles. The summed E-state index contributed by atoms with van der Waals surface area (Å²) in [7, 11) is 2.12. The van der Waals surface area contributed by atoms with Gasteiger partial charge in [0, 0.05) is 12.6 Å². The Labute approximate surface area is 83.7 Å². The largest absolute Gasteiger partial charge is 0.357 e. The van der Waals surface area contributed by atoms with E-state index in [0.717, 1.165) is 0 Å². The lowest BCUT2D eigenvalue weighted by molar-refractivity contribution is 0.425. The summed E-state index contributed by atoms with van der Waals surface area (Å²) in [5, 5.41) is 0. The highest BCUT2D eigenvalue weighted by Gasteiger charge is 2.30. The topological polar surface area (TPSA) is 3.24 Å². The highest BCUT2D eigenvalue weighted by molar-refractivity contribution is 5.58. The van der Waals surface area contributed by atoms with Crippen LogP contribution in [-0.2, 0) is 0 Å². The van der Waals surface area contributed by atoms with Gasteiger partial charge in [0.05, 0.1) is 11.7 Å². The lowest BCUT2D eigenvalue weighted by Crippen LogP contribution is -2.25. The smallest absolute Gasteiger partial charge is 0.0882 e. The fourth-order valence-corrected chi connectivity index (χ4v) is 2.21. The molecule has 0 amide bonds. The molecule has 3 rings (SSSR count). The van der Waals surface area contributed by atoms with Gasteiger partial charge in [-0.25, -0.2) is 0 Å². The minimum absolute atomic E-state index is 0.411. The molecule has 3 aliphatic rings. The van der Waals surface area contributed by atoms with Crippen LogP contribution < -0.4 is 0 Å². The number of fused-ring (bicyclic) bond motifs is 2. The summed E-state index contributed by atoms with van der Waals surface area (Å²) in [6.45, 7) is 0. The third kappa shape index (κ3) is 0.850.